The van der Waals surface area contributed by atoms with Crippen LogP contribution in [0.5, 0.6) is 0 Å². The van der Waals surface area contributed by atoms with Gasteiger partial charge in [0.05, 0.1) is 6.04 Å². The van der Waals surface area contributed by atoms with Crippen LogP contribution in [-0.4, -0.2) is 36.2 Å². The molecule has 0 aliphatic carbocycles. The molecule has 0 saturated carbocycles. The molecule has 2 rings (SSSR count). The van der Waals surface area contributed by atoms with Crippen LogP contribution >= 0.6 is 0 Å². The first-order valence-electron chi connectivity index (χ1n) is 9.70. The van der Waals surface area contributed by atoms with E-state index in [2.05, 4.69) is 21.4 Å². The lowest BCUT2D eigenvalue weighted by atomic mass is 10.0. The first-order chi connectivity index (χ1) is 14.1. The number of nitrogens with one attached hydrogen (secondary N) is 2. The average Bonchev–Trinajstić information content (AvgIpc) is 2.80. The van der Waals surface area contributed by atoms with Crippen LogP contribution in [0.2, 0.25) is 0 Å². The Kier molecular flexibility index (Phi) is 14.3. The Morgan fingerprint density at radius 2 is 1.72 bits per heavy atom. The zero-order chi connectivity index (χ0) is 22.1. The Morgan fingerprint density at radius 1 is 1.07 bits per heavy atom. The zero-order valence-corrected chi connectivity index (χ0v) is 17.6. The number of hydrogen-bond acceptors (Lipinski definition) is 5. The lowest BCUT2D eigenvalue weighted by Crippen LogP contribution is -2.45. The first-order valence-corrected chi connectivity index (χ1v) is 9.70. The van der Waals surface area contributed by atoms with Crippen molar-refractivity contribution in [2.24, 2.45) is 5.73 Å². The Bertz CT molecular complexity index is 709. The molecule has 2 amide bonds. The molecule has 0 aliphatic rings. The molecular formula is C22H32N4O3. The third kappa shape index (κ3) is 9.62. The lowest BCUT2D eigenvalue weighted by molar-refractivity contribution is -0.130. The van der Waals surface area contributed by atoms with Crippen molar-refractivity contribution in [1.82, 2.24) is 15.6 Å². The van der Waals surface area contributed by atoms with E-state index >= 15 is 0 Å². The van der Waals surface area contributed by atoms with E-state index in [1.54, 1.807) is 49.6 Å². The van der Waals surface area contributed by atoms with Gasteiger partial charge in [0.2, 0.25) is 11.8 Å². The highest BCUT2D eigenvalue weighted by atomic mass is 16.2. The second-order valence-electron chi connectivity index (χ2n) is 5.58. The number of pyridine rings is 1. The minimum Gasteiger partial charge on any atom is -0.344 e. The fourth-order valence-corrected chi connectivity index (χ4v) is 2.38. The molecule has 29 heavy (non-hydrogen) atoms. The van der Waals surface area contributed by atoms with Gasteiger partial charge in [-0.05, 0) is 24.2 Å². The summed E-state index contributed by atoms with van der Waals surface area (Å²) >= 11 is 0. The zero-order valence-electron chi connectivity index (χ0n) is 17.6. The summed E-state index contributed by atoms with van der Waals surface area (Å²) in [6.07, 6.45) is 4.59. The van der Waals surface area contributed by atoms with Crippen LogP contribution in [0.1, 0.15) is 44.4 Å². The third-order valence-corrected chi connectivity index (χ3v) is 3.69. The second kappa shape index (κ2) is 15.9. The Balaban J connectivity index is 0.00000184. The number of rotatable bonds is 8. The van der Waals surface area contributed by atoms with Gasteiger partial charge in [0.25, 0.3) is 0 Å². The van der Waals surface area contributed by atoms with Crippen LogP contribution in [0.25, 0.3) is 0 Å². The predicted octanol–water partition coefficient (Wildman–Crippen LogP) is 2.18. The average molecular weight is 401 g/mol. The molecule has 1 heterocycles. The number of carbonyl (C=O) groups excluding carboxylic acids is 3. The van der Waals surface area contributed by atoms with E-state index < -0.39 is 18.0 Å². The summed E-state index contributed by atoms with van der Waals surface area (Å²) in [5.41, 5.74) is 6.00. The molecule has 4 N–H and O–H groups in total. The number of nitrogens with two attached hydrogens (primary N) is 1. The van der Waals surface area contributed by atoms with Crippen molar-refractivity contribution < 1.29 is 14.4 Å². The number of aldehydes is 1. The van der Waals surface area contributed by atoms with Crippen LogP contribution in [0.15, 0.2) is 54.9 Å². The summed E-state index contributed by atoms with van der Waals surface area (Å²) < 4.78 is 0. The summed E-state index contributed by atoms with van der Waals surface area (Å²) in [4.78, 5) is 39.8. The van der Waals surface area contributed by atoms with E-state index in [0.717, 1.165) is 5.56 Å². The third-order valence-electron chi connectivity index (χ3n) is 3.69. The predicted molar refractivity (Wildman–Crippen MR) is 115 cm³/mol. The van der Waals surface area contributed by atoms with Crippen LogP contribution in [0, 0.1) is 0 Å². The van der Waals surface area contributed by atoms with Crippen LogP contribution in [0.4, 0.5) is 0 Å². The van der Waals surface area contributed by atoms with Crippen LogP contribution < -0.4 is 16.4 Å². The van der Waals surface area contributed by atoms with Crippen molar-refractivity contribution in [3.05, 3.63) is 66.0 Å². The van der Waals surface area contributed by atoms with Gasteiger partial charge in [-0.1, -0.05) is 57.2 Å². The molecular weight excluding hydrogens is 368 g/mol. The van der Waals surface area contributed by atoms with Gasteiger partial charge in [0, 0.05) is 25.2 Å². The van der Waals surface area contributed by atoms with E-state index in [9.17, 15) is 14.4 Å². The minimum atomic E-state index is -0.843. The number of amides is 2. The normalized spacial score (nSPS) is 11.3. The molecule has 7 nitrogen and oxygen atoms in total. The van der Waals surface area contributed by atoms with Gasteiger partial charge in [-0.2, -0.15) is 0 Å². The van der Waals surface area contributed by atoms with Gasteiger partial charge in [0.15, 0.2) is 0 Å². The van der Waals surface area contributed by atoms with Crippen molar-refractivity contribution >= 4 is 18.1 Å². The molecule has 7 heteroatoms. The van der Waals surface area contributed by atoms with Gasteiger partial charge in [-0.3, -0.25) is 14.6 Å². The maximum absolute atomic E-state index is 12.7. The van der Waals surface area contributed by atoms with Gasteiger partial charge in [-0.15, -0.1) is 0 Å². The number of hydrogen-bond donors (Lipinski definition) is 3. The topological polar surface area (TPSA) is 114 Å². The summed E-state index contributed by atoms with van der Waals surface area (Å²) in [6.45, 7) is 5.71. The standard InChI is InChI=1S/C19H21N3O3.C2H6.CH5N/c1-2-17(24)22-18(15-8-4-3-5-9-15)19(25)21-16(13-23)11-14-7-6-10-20-12-14;2*1-2/h3-10,12-13,16,18H,2,11H2,1H3,(H,21,25)(H,22,24);1-2H3;2H2,1H3. The van der Waals surface area contributed by atoms with Crippen molar-refractivity contribution in [2.75, 3.05) is 7.05 Å². The van der Waals surface area contributed by atoms with Gasteiger partial charge < -0.3 is 21.2 Å². The number of nitrogens with zero attached hydrogens (tertiary/aromatic N) is 1. The maximum Gasteiger partial charge on any atom is 0.247 e. The molecule has 1 aromatic carbocycles. The molecule has 0 saturated heterocycles. The monoisotopic (exact) mass is 400 g/mol. The Labute approximate surface area is 173 Å². The number of aromatic nitrogens is 1. The van der Waals surface area contributed by atoms with Gasteiger partial charge >= 0.3 is 0 Å². The Hall–Kier alpha value is -3.06. The van der Waals surface area contributed by atoms with E-state index in [1.165, 1.54) is 7.05 Å². The largest absolute Gasteiger partial charge is 0.344 e. The van der Waals surface area contributed by atoms with Gasteiger partial charge in [-0.25, -0.2) is 0 Å². The molecule has 0 radical (unpaired) electrons. The molecule has 2 atom stereocenters. The smallest absolute Gasteiger partial charge is 0.247 e. The molecule has 0 aliphatic heterocycles. The van der Waals surface area contributed by atoms with Crippen molar-refractivity contribution in [2.45, 2.75) is 45.7 Å². The van der Waals surface area contributed by atoms with Crippen LogP contribution in [-0.2, 0) is 20.8 Å². The summed E-state index contributed by atoms with van der Waals surface area (Å²) in [5, 5.41) is 5.39. The molecule has 2 aromatic rings. The van der Waals surface area contributed by atoms with Crippen LogP contribution in [0.3, 0.4) is 0 Å². The molecule has 158 valence electrons. The highest BCUT2D eigenvalue weighted by molar-refractivity contribution is 5.90. The minimum absolute atomic E-state index is 0.237. The molecule has 0 bridgehead atoms. The summed E-state index contributed by atoms with van der Waals surface area (Å²) in [6, 6.07) is 11.0. The summed E-state index contributed by atoms with van der Waals surface area (Å²) in [7, 11) is 1.50. The van der Waals surface area contributed by atoms with Crippen molar-refractivity contribution in [3.63, 3.8) is 0 Å². The van der Waals surface area contributed by atoms with Crippen molar-refractivity contribution in [3.8, 4) is 0 Å². The van der Waals surface area contributed by atoms with Gasteiger partial charge in [0.1, 0.15) is 12.3 Å². The first kappa shape index (κ1) is 25.9. The highest BCUT2D eigenvalue weighted by Crippen LogP contribution is 2.13. The molecule has 0 fully saturated rings. The van der Waals surface area contributed by atoms with E-state index in [4.69, 9.17) is 0 Å². The lowest BCUT2D eigenvalue weighted by Gasteiger charge is -2.21. The molecule has 2 unspecified atom stereocenters. The van der Waals surface area contributed by atoms with E-state index in [0.29, 0.717) is 18.3 Å². The maximum atomic E-state index is 12.7. The second-order valence-corrected chi connectivity index (χ2v) is 5.58. The van der Waals surface area contributed by atoms with E-state index in [1.807, 2.05) is 26.0 Å². The fraction of sp³-hybridized carbons (Fsp3) is 0.364. The summed E-state index contributed by atoms with van der Waals surface area (Å²) in [5.74, 6) is -0.659. The SMILES string of the molecule is CC.CCC(=O)NC(C(=O)NC(C=O)Cc1cccnc1)c1ccccc1.CN. The number of benzene rings is 1. The van der Waals surface area contributed by atoms with Crippen molar-refractivity contribution in [1.29, 1.82) is 0 Å². The molecule has 1 aromatic heterocycles. The quantitative estimate of drug-likeness (QED) is 0.588. The number of carbonyl (C=O) groups is 3. The Morgan fingerprint density at radius 3 is 2.24 bits per heavy atom. The van der Waals surface area contributed by atoms with E-state index in [-0.39, 0.29) is 12.3 Å². The highest BCUT2D eigenvalue weighted by Gasteiger charge is 2.24. The fourth-order valence-electron chi connectivity index (χ4n) is 2.38. The molecule has 0 spiro atoms.